The number of aromatic carboxylic acids is 1. The van der Waals surface area contributed by atoms with E-state index in [2.05, 4.69) is 18.7 Å². The van der Waals surface area contributed by atoms with Gasteiger partial charge in [0.1, 0.15) is 0 Å². The van der Waals surface area contributed by atoms with Crippen LogP contribution in [0.25, 0.3) is 0 Å². The van der Waals surface area contributed by atoms with Gasteiger partial charge < -0.3 is 10.0 Å². The van der Waals surface area contributed by atoms with Crippen molar-refractivity contribution in [3.8, 4) is 0 Å². The van der Waals surface area contributed by atoms with Gasteiger partial charge in [-0.25, -0.2) is 4.79 Å². The van der Waals surface area contributed by atoms with Gasteiger partial charge in [0.2, 0.25) is 0 Å². The van der Waals surface area contributed by atoms with E-state index < -0.39 is 5.97 Å². The van der Waals surface area contributed by atoms with Gasteiger partial charge in [0.05, 0.1) is 5.56 Å². The van der Waals surface area contributed by atoms with E-state index >= 15 is 0 Å². The summed E-state index contributed by atoms with van der Waals surface area (Å²) in [4.78, 5) is 13.2. The Morgan fingerprint density at radius 1 is 1.50 bits per heavy atom. The summed E-state index contributed by atoms with van der Waals surface area (Å²) in [6, 6.07) is 5.44. The normalized spacial score (nSPS) is 14.3. The SMILES string of the molecule is CC(C)CN1CCc2cc(C(=O)O)ccc21. The molecule has 0 atom stereocenters. The molecule has 3 nitrogen and oxygen atoms in total. The van der Waals surface area contributed by atoms with E-state index in [0.717, 1.165) is 19.5 Å². The van der Waals surface area contributed by atoms with E-state index in [1.807, 2.05) is 6.07 Å². The summed E-state index contributed by atoms with van der Waals surface area (Å²) in [6.07, 6.45) is 0.961. The van der Waals surface area contributed by atoms with Crippen LogP contribution >= 0.6 is 0 Å². The first-order chi connectivity index (χ1) is 7.58. The number of anilines is 1. The third-order valence-corrected chi connectivity index (χ3v) is 2.90. The Morgan fingerprint density at radius 2 is 2.25 bits per heavy atom. The first-order valence-electron chi connectivity index (χ1n) is 5.69. The van der Waals surface area contributed by atoms with Crippen molar-refractivity contribution in [1.29, 1.82) is 0 Å². The molecule has 2 rings (SSSR count). The van der Waals surface area contributed by atoms with Crippen molar-refractivity contribution in [2.24, 2.45) is 5.92 Å². The zero-order valence-electron chi connectivity index (χ0n) is 9.73. The van der Waals surface area contributed by atoms with Crippen molar-refractivity contribution in [3.05, 3.63) is 29.3 Å². The maximum atomic E-state index is 10.8. The topological polar surface area (TPSA) is 40.5 Å². The summed E-state index contributed by atoms with van der Waals surface area (Å²) >= 11 is 0. The van der Waals surface area contributed by atoms with E-state index in [4.69, 9.17) is 5.11 Å². The predicted octanol–water partition coefficient (Wildman–Crippen LogP) is 2.40. The van der Waals surface area contributed by atoms with Crippen LogP contribution in [0.5, 0.6) is 0 Å². The van der Waals surface area contributed by atoms with E-state index in [9.17, 15) is 4.79 Å². The van der Waals surface area contributed by atoms with Gasteiger partial charge in [0.15, 0.2) is 0 Å². The Kier molecular flexibility index (Phi) is 2.86. The minimum absolute atomic E-state index is 0.394. The molecule has 0 unspecified atom stereocenters. The fourth-order valence-corrected chi connectivity index (χ4v) is 2.23. The number of hydrogen-bond donors (Lipinski definition) is 1. The molecular weight excluding hydrogens is 202 g/mol. The highest BCUT2D eigenvalue weighted by Gasteiger charge is 2.20. The van der Waals surface area contributed by atoms with Crippen molar-refractivity contribution in [1.82, 2.24) is 0 Å². The second kappa shape index (κ2) is 4.16. The Balaban J connectivity index is 2.25. The molecule has 1 N–H and O–H groups in total. The lowest BCUT2D eigenvalue weighted by molar-refractivity contribution is 0.0697. The van der Waals surface area contributed by atoms with Crippen molar-refractivity contribution in [3.63, 3.8) is 0 Å². The minimum atomic E-state index is -0.842. The van der Waals surface area contributed by atoms with Crippen LogP contribution in [-0.2, 0) is 6.42 Å². The van der Waals surface area contributed by atoms with Gasteiger partial charge in [-0.15, -0.1) is 0 Å². The third kappa shape index (κ3) is 2.03. The van der Waals surface area contributed by atoms with Crippen LogP contribution in [0, 0.1) is 5.92 Å². The van der Waals surface area contributed by atoms with Crippen molar-refractivity contribution in [2.45, 2.75) is 20.3 Å². The summed E-state index contributed by atoms with van der Waals surface area (Å²) in [5.74, 6) is -0.213. The van der Waals surface area contributed by atoms with Gasteiger partial charge >= 0.3 is 5.97 Å². The maximum Gasteiger partial charge on any atom is 0.335 e. The molecule has 1 aromatic rings. The third-order valence-electron chi connectivity index (χ3n) is 2.90. The molecule has 0 fully saturated rings. The molecule has 0 aromatic heterocycles. The summed E-state index contributed by atoms with van der Waals surface area (Å²) in [5, 5.41) is 8.91. The number of carbonyl (C=O) groups is 1. The molecule has 1 aliphatic rings. The minimum Gasteiger partial charge on any atom is -0.478 e. The number of rotatable bonds is 3. The van der Waals surface area contributed by atoms with E-state index in [1.54, 1.807) is 12.1 Å². The number of nitrogens with zero attached hydrogens (tertiary/aromatic N) is 1. The molecule has 0 radical (unpaired) electrons. The average Bonchev–Trinajstić information content (AvgIpc) is 2.60. The molecule has 1 aliphatic heterocycles. The van der Waals surface area contributed by atoms with Crippen LogP contribution in [0.3, 0.4) is 0 Å². The zero-order valence-corrected chi connectivity index (χ0v) is 9.73. The molecule has 16 heavy (non-hydrogen) atoms. The molecular formula is C13H17NO2. The van der Waals surface area contributed by atoms with Crippen LogP contribution in [0.2, 0.25) is 0 Å². The molecule has 0 amide bonds. The number of carboxylic acids is 1. The van der Waals surface area contributed by atoms with Gasteiger partial charge in [-0.1, -0.05) is 13.8 Å². The van der Waals surface area contributed by atoms with E-state index in [1.165, 1.54) is 11.3 Å². The molecule has 0 spiro atoms. The number of carboxylic acid groups (broad SMARTS) is 1. The summed E-state index contributed by atoms with van der Waals surface area (Å²) in [5.41, 5.74) is 2.77. The standard InChI is InChI=1S/C13H17NO2/c1-9(2)8-14-6-5-10-7-11(13(15)16)3-4-12(10)14/h3-4,7,9H,5-6,8H2,1-2H3,(H,15,16). The monoisotopic (exact) mass is 219 g/mol. The van der Waals surface area contributed by atoms with E-state index in [0.29, 0.717) is 11.5 Å². The summed E-state index contributed by atoms with van der Waals surface area (Å²) < 4.78 is 0. The highest BCUT2D eigenvalue weighted by atomic mass is 16.4. The number of fused-ring (bicyclic) bond motifs is 1. The van der Waals surface area contributed by atoms with Crippen molar-refractivity contribution >= 4 is 11.7 Å². The number of hydrogen-bond acceptors (Lipinski definition) is 2. The lowest BCUT2D eigenvalue weighted by Gasteiger charge is -2.21. The van der Waals surface area contributed by atoms with Crippen LogP contribution in [0.15, 0.2) is 18.2 Å². The van der Waals surface area contributed by atoms with Gasteiger partial charge in [0.25, 0.3) is 0 Å². The Labute approximate surface area is 95.7 Å². The van der Waals surface area contributed by atoms with Gasteiger partial charge in [-0.05, 0) is 36.1 Å². The molecule has 0 bridgehead atoms. The smallest absolute Gasteiger partial charge is 0.335 e. The summed E-state index contributed by atoms with van der Waals surface area (Å²) in [6.45, 7) is 6.45. The lowest BCUT2D eigenvalue weighted by atomic mass is 10.1. The maximum absolute atomic E-state index is 10.8. The molecule has 0 saturated heterocycles. The van der Waals surface area contributed by atoms with Crippen LogP contribution in [0.4, 0.5) is 5.69 Å². The van der Waals surface area contributed by atoms with Crippen LogP contribution in [-0.4, -0.2) is 24.2 Å². The Morgan fingerprint density at radius 3 is 2.88 bits per heavy atom. The molecule has 0 aliphatic carbocycles. The van der Waals surface area contributed by atoms with Gasteiger partial charge in [-0.2, -0.15) is 0 Å². The average molecular weight is 219 g/mol. The largest absolute Gasteiger partial charge is 0.478 e. The highest BCUT2D eigenvalue weighted by Crippen LogP contribution is 2.29. The second-order valence-corrected chi connectivity index (χ2v) is 4.74. The quantitative estimate of drug-likeness (QED) is 0.848. The first kappa shape index (κ1) is 11.0. The molecule has 0 saturated carbocycles. The Bertz CT molecular complexity index is 412. The molecule has 1 heterocycles. The molecule has 86 valence electrons. The van der Waals surface area contributed by atoms with Gasteiger partial charge in [0, 0.05) is 18.8 Å². The molecule has 1 aromatic carbocycles. The lowest BCUT2D eigenvalue weighted by Crippen LogP contribution is -2.25. The van der Waals surface area contributed by atoms with Crippen LogP contribution in [0.1, 0.15) is 29.8 Å². The fourth-order valence-electron chi connectivity index (χ4n) is 2.23. The fraction of sp³-hybridized carbons (Fsp3) is 0.462. The second-order valence-electron chi connectivity index (χ2n) is 4.74. The van der Waals surface area contributed by atoms with E-state index in [-0.39, 0.29) is 0 Å². The predicted molar refractivity (Wildman–Crippen MR) is 64.2 cm³/mol. The van der Waals surface area contributed by atoms with Crippen molar-refractivity contribution < 1.29 is 9.90 Å². The Hall–Kier alpha value is -1.51. The first-order valence-corrected chi connectivity index (χ1v) is 5.69. The molecule has 3 heteroatoms. The zero-order chi connectivity index (χ0) is 11.7. The highest BCUT2D eigenvalue weighted by molar-refractivity contribution is 5.88. The van der Waals surface area contributed by atoms with Crippen molar-refractivity contribution in [2.75, 3.05) is 18.0 Å². The summed E-state index contributed by atoms with van der Waals surface area (Å²) in [7, 11) is 0. The van der Waals surface area contributed by atoms with Gasteiger partial charge in [-0.3, -0.25) is 0 Å². The van der Waals surface area contributed by atoms with Crippen LogP contribution < -0.4 is 4.90 Å². The number of benzene rings is 1.